The Kier molecular flexibility index (Phi) is 6.28. The normalized spacial score (nSPS) is 15.8. The van der Waals surface area contributed by atoms with E-state index in [1.165, 1.54) is 4.82 Å². The molecule has 0 aromatic heterocycles. The quantitative estimate of drug-likeness (QED) is 0.627. The number of allylic oxidation sites excluding steroid dienone is 1. The molecule has 0 rings (SSSR count). The zero-order chi connectivity index (χ0) is 15.7. The van der Waals surface area contributed by atoms with Gasteiger partial charge in [0.2, 0.25) is 0 Å². The molecule has 0 saturated heterocycles. The maximum atomic E-state index is 6.64. The first-order chi connectivity index (χ1) is 8.11. The summed E-state index contributed by atoms with van der Waals surface area (Å²) in [5, 5.41) is 0. The van der Waals surface area contributed by atoms with E-state index in [0.717, 1.165) is 0 Å². The van der Waals surface area contributed by atoms with Crippen molar-refractivity contribution < 1.29 is 8.23 Å². The van der Waals surface area contributed by atoms with E-state index < -0.39 is 33.3 Å². The summed E-state index contributed by atoms with van der Waals surface area (Å²) in [5.74, 6) is 0. The summed E-state index contributed by atoms with van der Waals surface area (Å²) in [4.78, 5) is 1.52. The number of hydrogen-bond acceptors (Lipinski definition) is 2. The van der Waals surface area contributed by atoms with E-state index in [4.69, 9.17) is 8.23 Å². The van der Waals surface area contributed by atoms with E-state index in [0.29, 0.717) is 0 Å². The van der Waals surface area contributed by atoms with Gasteiger partial charge in [0.1, 0.15) is 0 Å². The summed E-state index contributed by atoms with van der Waals surface area (Å²) in [6, 6.07) is 0. The first-order valence-corrected chi connectivity index (χ1v) is 19.8. The predicted molar refractivity (Wildman–Crippen MR) is 97.6 cm³/mol. The molecule has 19 heavy (non-hydrogen) atoms. The molecule has 0 bridgehead atoms. The second kappa shape index (κ2) is 6.11. The second-order valence-electron chi connectivity index (χ2n) is 8.33. The fraction of sp³-hybridized carbons (Fsp3) is 0.846. The van der Waals surface area contributed by atoms with Crippen LogP contribution in [0, 0.1) is 0 Å². The van der Waals surface area contributed by atoms with Crippen LogP contribution in [0.15, 0.2) is 10.9 Å². The van der Waals surface area contributed by atoms with Gasteiger partial charge < -0.3 is 8.23 Å². The van der Waals surface area contributed by atoms with Gasteiger partial charge in [-0.25, -0.2) is 0 Å². The summed E-state index contributed by atoms with van der Waals surface area (Å²) < 4.78 is 13.3. The Morgan fingerprint density at radius 2 is 1.00 bits per heavy atom. The molecule has 0 spiro atoms. The standard InChI is InChI=1S/C13H34O2Si4/c1-12-13(16(2,3)4)19(11,14-17(5,6)7)15-18(8,9)10/h12H,1-11H3/b13-12+. The van der Waals surface area contributed by atoms with E-state index in [-0.39, 0.29) is 0 Å². The van der Waals surface area contributed by atoms with Crippen LogP contribution in [0.25, 0.3) is 0 Å². The van der Waals surface area contributed by atoms with Crippen LogP contribution in [-0.4, -0.2) is 33.3 Å². The van der Waals surface area contributed by atoms with Gasteiger partial charge in [0.05, 0.1) is 8.07 Å². The summed E-state index contributed by atoms with van der Waals surface area (Å²) in [7, 11) is -6.86. The Morgan fingerprint density at radius 1 is 0.684 bits per heavy atom. The van der Waals surface area contributed by atoms with Gasteiger partial charge in [-0.1, -0.05) is 25.7 Å². The molecular weight excluding hydrogens is 300 g/mol. The SMILES string of the molecule is C/C=C(\[Si](C)(C)C)[Si](C)(O[Si](C)(C)C)O[Si](C)(C)C. The predicted octanol–water partition coefficient (Wildman–Crippen LogP) is 5.12. The van der Waals surface area contributed by atoms with Crippen molar-refractivity contribution in [3.05, 3.63) is 10.9 Å². The third kappa shape index (κ3) is 7.19. The molecule has 0 N–H and O–H groups in total. The van der Waals surface area contributed by atoms with Crippen LogP contribution in [0.2, 0.25) is 65.5 Å². The fourth-order valence-electron chi connectivity index (χ4n) is 2.68. The van der Waals surface area contributed by atoms with Gasteiger partial charge in [-0.05, 0) is 57.6 Å². The number of hydrogen-bond donors (Lipinski definition) is 0. The molecule has 0 aromatic carbocycles. The van der Waals surface area contributed by atoms with Gasteiger partial charge in [-0.3, -0.25) is 0 Å². The lowest BCUT2D eigenvalue weighted by Gasteiger charge is -2.43. The molecule has 0 amide bonds. The zero-order valence-electron chi connectivity index (χ0n) is 14.9. The van der Waals surface area contributed by atoms with Crippen LogP contribution in [-0.2, 0) is 8.23 Å². The summed E-state index contributed by atoms with van der Waals surface area (Å²) in [6.45, 7) is 25.2. The Bertz CT molecular complexity index is 316. The fourth-order valence-corrected chi connectivity index (χ4v) is 21.2. The first kappa shape index (κ1) is 19.5. The highest BCUT2D eigenvalue weighted by molar-refractivity contribution is 7.05. The van der Waals surface area contributed by atoms with Crippen molar-refractivity contribution in [1.82, 2.24) is 0 Å². The largest absolute Gasteiger partial charge is 0.434 e. The summed E-state index contributed by atoms with van der Waals surface area (Å²) in [6.07, 6.45) is 2.29. The highest BCUT2D eigenvalue weighted by atomic mass is 28.5. The summed E-state index contributed by atoms with van der Waals surface area (Å²) >= 11 is 0. The maximum absolute atomic E-state index is 6.64. The average molecular weight is 335 g/mol. The lowest BCUT2D eigenvalue weighted by atomic mass is 10.8. The van der Waals surface area contributed by atoms with Gasteiger partial charge in [0, 0.05) is 0 Å². The molecule has 0 aliphatic carbocycles. The van der Waals surface area contributed by atoms with Gasteiger partial charge in [-0.15, -0.1) is 0 Å². The van der Waals surface area contributed by atoms with E-state index in [1.807, 2.05) is 0 Å². The van der Waals surface area contributed by atoms with Crippen molar-refractivity contribution in [2.45, 2.75) is 72.4 Å². The van der Waals surface area contributed by atoms with Crippen molar-refractivity contribution in [1.29, 1.82) is 0 Å². The van der Waals surface area contributed by atoms with Gasteiger partial charge in [0.25, 0.3) is 0 Å². The topological polar surface area (TPSA) is 18.5 Å². The molecule has 0 saturated carbocycles. The minimum absolute atomic E-state index is 1.40. The Balaban J connectivity index is 5.64. The van der Waals surface area contributed by atoms with Gasteiger partial charge >= 0.3 is 8.56 Å². The molecule has 0 radical (unpaired) electrons. The highest BCUT2D eigenvalue weighted by Gasteiger charge is 2.47. The molecule has 0 unspecified atom stereocenters. The third-order valence-electron chi connectivity index (χ3n) is 2.59. The Labute approximate surface area is 125 Å². The second-order valence-corrected chi connectivity index (χ2v) is 26.4. The van der Waals surface area contributed by atoms with E-state index >= 15 is 0 Å². The van der Waals surface area contributed by atoms with E-state index in [9.17, 15) is 0 Å². The monoisotopic (exact) mass is 334 g/mol. The molecule has 0 fully saturated rings. The molecule has 0 atom stereocenters. The van der Waals surface area contributed by atoms with Crippen molar-refractivity contribution in [2.75, 3.05) is 0 Å². The van der Waals surface area contributed by atoms with Crippen molar-refractivity contribution in [3.8, 4) is 0 Å². The van der Waals surface area contributed by atoms with Crippen molar-refractivity contribution >= 4 is 33.3 Å². The van der Waals surface area contributed by atoms with Crippen LogP contribution >= 0.6 is 0 Å². The smallest absolute Gasteiger partial charge is 0.340 e. The van der Waals surface area contributed by atoms with Crippen LogP contribution < -0.4 is 0 Å². The molecule has 114 valence electrons. The third-order valence-corrected chi connectivity index (χ3v) is 17.4. The Morgan fingerprint density at radius 3 is 1.16 bits per heavy atom. The van der Waals surface area contributed by atoms with Crippen LogP contribution in [0.4, 0.5) is 0 Å². The molecule has 0 aromatic rings. The molecule has 0 aliphatic heterocycles. The number of rotatable bonds is 6. The first-order valence-electron chi connectivity index (χ1n) is 7.18. The molecule has 0 heterocycles. The lowest BCUT2D eigenvalue weighted by Crippen LogP contribution is -2.58. The van der Waals surface area contributed by atoms with Crippen LogP contribution in [0.5, 0.6) is 0 Å². The van der Waals surface area contributed by atoms with Gasteiger partial charge in [0.15, 0.2) is 16.6 Å². The minimum Gasteiger partial charge on any atom is -0.434 e. The molecule has 0 aliphatic rings. The Hall–Kier alpha value is 0.528. The lowest BCUT2D eigenvalue weighted by molar-refractivity contribution is 0.400. The van der Waals surface area contributed by atoms with E-state index in [1.54, 1.807) is 0 Å². The van der Waals surface area contributed by atoms with Crippen molar-refractivity contribution in [2.24, 2.45) is 0 Å². The molecule has 6 heteroatoms. The maximum Gasteiger partial charge on any atom is 0.340 e. The average Bonchev–Trinajstić information content (AvgIpc) is 1.91. The zero-order valence-corrected chi connectivity index (χ0v) is 18.9. The van der Waals surface area contributed by atoms with Crippen LogP contribution in [0.1, 0.15) is 6.92 Å². The molecular formula is C13H34O2Si4. The van der Waals surface area contributed by atoms with Crippen molar-refractivity contribution in [3.63, 3.8) is 0 Å². The van der Waals surface area contributed by atoms with Crippen LogP contribution in [0.3, 0.4) is 0 Å². The highest BCUT2D eigenvalue weighted by Crippen LogP contribution is 2.32. The molecule has 2 nitrogen and oxygen atoms in total. The van der Waals surface area contributed by atoms with Gasteiger partial charge in [-0.2, -0.15) is 0 Å². The van der Waals surface area contributed by atoms with E-state index in [2.05, 4.69) is 78.5 Å². The minimum atomic E-state index is -2.24. The summed E-state index contributed by atoms with van der Waals surface area (Å²) in [5.41, 5.74) is 0.